The van der Waals surface area contributed by atoms with Crippen molar-refractivity contribution >= 4 is 21.7 Å². The molecule has 0 saturated heterocycles. The molecule has 0 heterocycles. The molecule has 6 nitrogen and oxygen atoms in total. The summed E-state index contributed by atoms with van der Waals surface area (Å²) in [5, 5.41) is 9.15. The van der Waals surface area contributed by atoms with Gasteiger partial charge in [-0.15, -0.1) is 0 Å². The number of hydrogen-bond acceptors (Lipinski definition) is 4. The standard InChI is InChI=1S/C12H18N2O4S/c1-12(2,11(15)16)14(4)9-5-7-10(8-6-9)19(17,18)13-3/h5-8,13H,1-4H3,(H,15,16). The van der Waals surface area contributed by atoms with Gasteiger partial charge in [-0.3, -0.25) is 0 Å². The molecule has 0 atom stereocenters. The molecule has 0 aliphatic carbocycles. The molecular weight excluding hydrogens is 268 g/mol. The molecule has 0 aliphatic rings. The summed E-state index contributed by atoms with van der Waals surface area (Å²) in [5.41, 5.74) is -0.453. The van der Waals surface area contributed by atoms with E-state index in [1.807, 2.05) is 0 Å². The number of carbonyl (C=O) groups is 1. The molecule has 0 bridgehead atoms. The molecule has 106 valence electrons. The summed E-state index contributed by atoms with van der Waals surface area (Å²) in [4.78, 5) is 12.9. The van der Waals surface area contributed by atoms with Crippen molar-refractivity contribution in [3.8, 4) is 0 Å². The van der Waals surface area contributed by atoms with E-state index in [4.69, 9.17) is 5.11 Å². The number of nitrogens with zero attached hydrogens (tertiary/aromatic N) is 1. The van der Waals surface area contributed by atoms with Crippen molar-refractivity contribution in [1.82, 2.24) is 4.72 Å². The minimum atomic E-state index is -3.48. The van der Waals surface area contributed by atoms with Gasteiger partial charge in [-0.25, -0.2) is 17.9 Å². The SMILES string of the molecule is CNS(=O)(=O)c1ccc(N(C)C(C)(C)C(=O)O)cc1. The van der Waals surface area contributed by atoms with Crippen molar-refractivity contribution in [3.05, 3.63) is 24.3 Å². The second-order valence-electron chi connectivity index (χ2n) is 4.62. The van der Waals surface area contributed by atoms with E-state index >= 15 is 0 Å². The van der Waals surface area contributed by atoms with Gasteiger partial charge in [-0.2, -0.15) is 0 Å². The number of likely N-dealkylation sites (N-methyl/N-ethyl adjacent to an activating group) is 1. The zero-order chi connectivity index (χ0) is 14.8. The van der Waals surface area contributed by atoms with E-state index in [1.54, 1.807) is 37.9 Å². The van der Waals surface area contributed by atoms with Crippen LogP contribution in [0.5, 0.6) is 0 Å². The molecule has 0 amide bonds. The largest absolute Gasteiger partial charge is 0.480 e. The zero-order valence-corrected chi connectivity index (χ0v) is 12.2. The summed E-state index contributed by atoms with van der Waals surface area (Å²) in [5.74, 6) is -0.957. The lowest BCUT2D eigenvalue weighted by molar-refractivity contribution is -0.142. The molecule has 0 radical (unpaired) electrons. The quantitative estimate of drug-likeness (QED) is 0.839. The number of nitrogens with one attached hydrogen (secondary N) is 1. The van der Waals surface area contributed by atoms with Gasteiger partial charge in [0.2, 0.25) is 10.0 Å². The van der Waals surface area contributed by atoms with E-state index < -0.39 is 21.5 Å². The number of carboxylic acids is 1. The third-order valence-electron chi connectivity index (χ3n) is 3.16. The fraction of sp³-hybridized carbons (Fsp3) is 0.417. The van der Waals surface area contributed by atoms with Crippen LogP contribution in [0, 0.1) is 0 Å². The van der Waals surface area contributed by atoms with Crippen molar-refractivity contribution in [1.29, 1.82) is 0 Å². The fourth-order valence-corrected chi connectivity index (χ4v) is 2.16. The van der Waals surface area contributed by atoms with Crippen LogP contribution in [0.3, 0.4) is 0 Å². The number of carboxylic acid groups (broad SMARTS) is 1. The van der Waals surface area contributed by atoms with Crippen LogP contribution in [-0.4, -0.2) is 39.1 Å². The van der Waals surface area contributed by atoms with Gasteiger partial charge in [-0.05, 0) is 45.2 Å². The number of rotatable bonds is 5. The average Bonchev–Trinajstić information content (AvgIpc) is 2.37. The van der Waals surface area contributed by atoms with Gasteiger partial charge < -0.3 is 10.0 Å². The summed E-state index contributed by atoms with van der Waals surface area (Å²) < 4.78 is 25.4. The van der Waals surface area contributed by atoms with Crippen LogP contribution in [-0.2, 0) is 14.8 Å². The van der Waals surface area contributed by atoms with Gasteiger partial charge in [0.15, 0.2) is 0 Å². The lowest BCUT2D eigenvalue weighted by atomic mass is 10.0. The van der Waals surface area contributed by atoms with Crippen molar-refractivity contribution < 1.29 is 18.3 Å². The number of benzene rings is 1. The molecule has 19 heavy (non-hydrogen) atoms. The Morgan fingerprint density at radius 3 is 2.11 bits per heavy atom. The minimum Gasteiger partial charge on any atom is -0.480 e. The summed E-state index contributed by atoms with van der Waals surface area (Å²) in [6, 6.07) is 6.04. The van der Waals surface area contributed by atoms with E-state index in [0.29, 0.717) is 5.69 Å². The normalized spacial score (nSPS) is 12.2. The molecule has 0 aliphatic heterocycles. The number of anilines is 1. The van der Waals surface area contributed by atoms with E-state index in [9.17, 15) is 13.2 Å². The Labute approximate surface area is 113 Å². The Bertz CT molecular complexity index is 564. The summed E-state index contributed by atoms with van der Waals surface area (Å²) in [6.45, 7) is 3.15. The monoisotopic (exact) mass is 286 g/mol. The Kier molecular flexibility index (Phi) is 4.21. The molecule has 0 spiro atoms. The molecule has 1 aromatic carbocycles. The number of hydrogen-bond donors (Lipinski definition) is 2. The second-order valence-corrected chi connectivity index (χ2v) is 6.51. The van der Waals surface area contributed by atoms with Crippen LogP contribution in [0.25, 0.3) is 0 Å². The van der Waals surface area contributed by atoms with Gasteiger partial charge >= 0.3 is 5.97 Å². The molecule has 0 saturated carbocycles. The van der Waals surface area contributed by atoms with Crippen LogP contribution in [0.15, 0.2) is 29.2 Å². The highest BCUT2D eigenvalue weighted by molar-refractivity contribution is 7.89. The molecule has 7 heteroatoms. The van der Waals surface area contributed by atoms with E-state index in [0.717, 1.165) is 0 Å². The molecule has 0 fully saturated rings. The zero-order valence-electron chi connectivity index (χ0n) is 11.3. The van der Waals surface area contributed by atoms with E-state index in [2.05, 4.69) is 4.72 Å². The lowest BCUT2D eigenvalue weighted by Gasteiger charge is -2.33. The number of sulfonamides is 1. The lowest BCUT2D eigenvalue weighted by Crippen LogP contribution is -2.48. The summed E-state index contributed by atoms with van der Waals surface area (Å²) >= 11 is 0. The van der Waals surface area contributed by atoms with Crippen LogP contribution >= 0.6 is 0 Å². The minimum absolute atomic E-state index is 0.139. The van der Waals surface area contributed by atoms with Gasteiger partial charge in [-0.1, -0.05) is 0 Å². The van der Waals surface area contributed by atoms with Gasteiger partial charge in [0.25, 0.3) is 0 Å². The van der Waals surface area contributed by atoms with Crippen LogP contribution in [0.2, 0.25) is 0 Å². The van der Waals surface area contributed by atoms with Gasteiger partial charge in [0.05, 0.1) is 4.90 Å². The highest BCUT2D eigenvalue weighted by Crippen LogP contribution is 2.23. The van der Waals surface area contributed by atoms with Gasteiger partial charge in [0.1, 0.15) is 5.54 Å². The molecule has 2 N–H and O–H groups in total. The van der Waals surface area contributed by atoms with Crippen molar-refractivity contribution in [2.45, 2.75) is 24.3 Å². The van der Waals surface area contributed by atoms with Gasteiger partial charge in [0, 0.05) is 12.7 Å². The van der Waals surface area contributed by atoms with Crippen LogP contribution in [0.4, 0.5) is 5.69 Å². The summed E-state index contributed by atoms with van der Waals surface area (Å²) in [6.07, 6.45) is 0. The average molecular weight is 286 g/mol. The maximum atomic E-state index is 11.6. The Hall–Kier alpha value is -1.60. The van der Waals surface area contributed by atoms with E-state index in [-0.39, 0.29) is 4.90 Å². The third kappa shape index (κ3) is 3.05. The fourth-order valence-electron chi connectivity index (χ4n) is 1.43. The number of aliphatic carboxylic acids is 1. The first-order chi connectivity index (χ1) is 8.63. The van der Waals surface area contributed by atoms with Crippen molar-refractivity contribution in [2.75, 3.05) is 19.0 Å². The predicted molar refractivity (Wildman–Crippen MR) is 72.8 cm³/mol. The maximum absolute atomic E-state index is 11.6. The highest BCUT2D eigenvalue weighted by Gasteiger charge is 2.32. The Morgan fingerprint density at radius 1 is 1.26 bits per heavy atom. The molecule has 1 rings (SSSR count). The predicted octanol–water partition coefficient (Wildman–Crippen LogP) is 0.894. The van der Waals surface area contributed by atoms with Crippen molar-refractivity contribution in [2.24, 2.45) is 0 Å². The first-order valence-electron chi connectivity index (χ1n) is 5.64. The molecule has 0 aromatic heterocycles. The highest BCUT2D eigenvalue weighted by atomic mass is 32.2. The van der Waals surface area contributed by atoms with Crippen LogP contribution < -0.4 is 9.62 Å². The maximum Gasteiger partial charge on any atom is 0.328 e. The molecular formula is C12H18N2O4S. The third-order valence-corrected chi connectivity index (χ3v) is 4.60. The first kappa shape index (κ1) is 15.5. The van der Waals surface area contributed by atoms with Crippen LogP contribution in [0.1, 0.15) is 13.8 Å². The topological polar surface area (TPSA) is 86.7 Å². The Morgan fingerprint density at radius 2 is 1.74 bits per heavy atom. The first-order valence-corrected chi connectivity index (χ1v) is 7.12. The Balaban J connectivity index is 3.10. The van der Waals surface area contributed by atoms with Crippen molar-refractivity contribution in [3.63, 3.8) is 0 Å². The van der Waals surface area contributed by atoms with E-state index in [1.165, 1.54) is 19.2 Å². The smallest absolute Gasteiger partial charge is 0.328 e. The molecule has 1 aromatic rings. The molecule has 0 unspecified atom stereocenters. The second kappa shape index (κ2) is 5.18. The summed E-state index contributed by atoms with van der Waals surface area (Å²) in [7, 11) is -0.493.